The first-order valence-corrected chi connectivity index (χ1v) is 10.9. The molecule has 1 atom stereocenters. The van der Waals surface area contributed by atoms with E-state index < -0.39 is 10.0 Å². The molecule has 0 spiro atoms. The van der Waals surface area contributed by atoms with Crippen LogP contribution in [0.3, 0.4) is 0 Å². The number of carbonyl (C=O) groups excluding carboxylic acids is 1. The maximum absolute atomic E-state index is 12.5. The van der Waals surface area contributed by atoms with Crippen LogP contribution in [-0.2, 0) is 14.8 Å². The Kier molecular flexibility index (Phi) is 5.59. The van der Waals surface area contributed by atoms with E-state index in [1.165, 1.54) is 22.7 Å². The molecule has 2 aliphatic rings. The highest BCUT2D eigenvalue weighted by Crippen LogP contribution is 2.20. The Hall–Kier alpha value is -0.960. The Bertz CT molecular complexity index is 652. The molecule has 3 rings (SSSR count). The van der Waals surface area contributed by atoms with E-state index in [0.717, 1.165) is 19.5 Å². The van der Waals surface area contributed by atoms with Crippen LogP contribution in [-0.4, -0.2) is 69.3 Å². The topological polar surface area (TPSA) is 62.1 Å². The van der Waals surface area contributed by atoms with Crippen LogP contribution >= 0.6 is 11.3 Å². The molecule has 0 bridgehead atoms. The molecule has 1 aromatic heterocycles. The lowest BCUT2D eigenvalue weighted by molar-refractivity contribution is -0.896. The Morgan fingerprint density at radius 3 is 2.71 bits per heavy atom. The Labute approximate surface area is 148 Å². The highest BCUT2D eigenvalue weighted by atomic mass is 32.2. The van der Waals surface area contributed by atoms with E-state index in [2.05, 4.69) is 6.92 Å². The zero-order valence-corrected chi connectivity index (χ0v) is 15.7. The number of hydrogen-bond donors (Lipinski definition) is 1. The Balaban J connectivity index is 1.51. The molecule has 1 aromatic rings. The largest absolute Gasteiger partial charge is 0.338 e. The third-order valence-electron chi connectivity index (χ3n) is 4.93. The van der Waals surface area contributed by atoms with Crippen molar-refractivity contribution in [2.75, 3.05) is 45.8 Å². The summed E-state index contributed by atoms with van der Waals surface area (Å²) in [4.78, 5) is 15.6. The lowest BCUT2D eigenvalue weighted by Gasteiger charge is -2.34. The summed E-state index contributed by atoms with van der Waals surface area (Å²) in [5.41, 5.74) is 0. The molecular formula is C16H26N3O3S2+. The molecule has 3 heterocycles. The maximum atomic E-state index is 12.5. The fraction of sp³-hybridized carbons (Fsp3) is 0.688. The van der Waals surface area contributed by atoms with Gasteiger partial charge in [0.25, 0.3) is 15.9 Å². The molecule has 24 heavy (non-hydrogen) atoms. The predicted molar refractivity (Wildman–Crippen MR) is 93.6 cm³/mol. The van der Waals surface area contributed by atoms with Gasteiger partial charge in [-0.1, -0.05) is 13.0 Å². The summed E-state index contributed by atoms with van der Waals surface area (Å²) in [7, 11) is -3.36. The van der Waals surface area contributed by atoms with Gasteiger partial charge in [0, 0.05) is 13.1 Å². The van der Waals surface area contributed by atoms with E-state index in [1.54, 1.807) is 21.8 Å². The van der Waals surface area contributed by atoms with Crippen LogP contribution in [0.25, 0.3) is 0 Å². The summed E-state index contributed by atoms with van der Waals surface area (Å²) in [5.74, 6) is 0.802. The van der Waals surface area contributed by atoms with Crippen LogP contribution in [0.15, 0.2) is 21.7 Å². The van der Waals surface area contributed by atoms with E-state index >= 15 is 0 Å². The average Bonchev–Trinajstić information content (AvgIpc) is 3.10. The minimum atomic E-state index is -3.36. The Morgan fingerprint density at radius 1 is 1.33 bits per heavy atom. The van der Waals surface area contributed by atoms with Gasteiger partial charge >= 0.3 is 0 Å². The average molecular weight is 373 g/mol. The van der Waals surface area contributed by atoms with Gasteiger partial charge in [-0.3, -0.25) is 4.79 Å². The van der Waals surface area contributed by atoms with Crippen molar-refractivity contribution in [2.45, 2.75) is 24.0 Å². The number of nitrogens with one attached hydrogen (secondary N) is 1. The molecule has 0 saturated carbocycles. The maximum Gasteiger partial charge on any atom is 0.277 e. The third-order valence-corrected chi connectivity index (χ3v) is 8.20. The van der Waals surface area contributed by atoms with Gasteiger partial charge in [0.1, 0.15) is 4.21 Å². The predicted octanol–water partition coefficient (Wildman–Crippen LogP) is -0.104. The van der Waals surface area contributed by atoms with E-state index in [0.29, 0.717) is 42.9 Å². The summed E-state index contributed by atoms with van der Waals surface area (Å²) in [6.45, 7) is 6.78. The van der Waals surface area contributed by atoms with Crippen molar-refractivity contribution >= 4 is 27.3 Å². The number of piperazine rings is 1. The number of carbonyl (C=O) groups is 1. The van der Waals surface area contributed by atoms with Crippen molar-refractivity contribution in [2.24, 2.45) is 5.92 Å². The quantitative estimate of drug-likeness (QED) is 0.803. The Morgan fingerprint density at radius 2 is 2.08 bits per heavy atom. The first-order valence-electron chi connectivity index (χ1n) is 8.62. The second-order valence-corrected chi connectivity index (χ2v) is 9.96. The SMILES string of the molecule is C[C@@H]1CCCN(C(=O)C[NH+]2CCN(S(=O)(=O)c3cccs3)CC2)C1. The molecule has 2 fully saturated rings. The number of amides is 1. The highest BCUT2D eigenvalue weighted by molar-refractivity contribution is 7.91. The summed E-state index contributed by atoms with van der Waals surface area (Å²) in [5, 5.41) is 1.78. The first-order chi connectivity index (χ1) is 11.5. The van der Waals surface area contributed by atoms with E-state index in [-0.39, 0.29) is 5.91 Å². The van der Waals surface area contributed by atoms with Crippen LogP contribution < -0.4 is 4.90 Å². The van der Waals surface area contributed by atoms with Crippen molar-refractivity contribution in [3.63, 3.8) is 0 Å². The number of quaternary nitrogens is 1. The van der Waals surface area contributed by atoms with Gasteiger partial charge in [-0.05, 0) is 30.2 Å². The van der Waals surface area contributed by atoms with Crippen LogP contribution in [0.2, 0.25) is 0 Å². The van der Waals surface area contributed by atoms with Crippen LogP contribution in [0.1, 0.15) is 19.8 Å². The molecule has 134 valence electrons. The summed E-state index contributed by atoms with van der Waals surface area (Å²) in [6.07, 6.45) is 2.30. The van der Waals surface area contributed by atoms with Crippen LogP contribution in [0.4, 0.5) is 0 Å². The van der Waals surface area contributed by atoms with Crippen molar-refractivity contribution in [3.8, 4) is 0 Å². The van der Waals surface area contributed by atoms with Gasteiger partial charge in [-0.2, -0.15) is 4.31 Å². The normalized spacial score (nSPS) is 24.2. The summed E-state index contributed by atoms with van der Waals surface area (Å²) >= 11 is 1.26. The first kappa shape index (κ1) is 17.8. The highest BCUT2D eigenvalue weighted by Gasteiger charge is 2.32. The standard InChI is InChI=1S/C16H25N3O3S2/c1-14-4-2-6-18(12-14)15(20)13-17-7-9-19(10-8-17)24(21,22)16-5-3-11-23-16/h3,5,11,14H,2,4,6-10,12-13H2,1H3/p+1/t14-/m1/s1. The number of nitrogens with zero attached hydrogens (tertiary/aromatic N) is 2. The number of sulfonamides is 1. The number of likely N-dealkylation sites (tertiary alicyclic amines) is 1. The second-order valence-electron chi connectivity index (χ2n) is 6.85. The number of rotatable bonds is 4. The molecule has 1 amide bonds. The van der Waals surface area contributed by atoms with Gasteiger partial charge in [-0.25, -0.2) is 8.42 Å². The fourth-order valence-corrected chi connectivity index (χ4v) is 6.08. The van der Waals surface area contributed by atoms with Crippen molar-refractivity contribution in [1.29, 1.82) is 0 Å². The van der Waals surface area contributed by atoms with Gasteiger partial charge < -0.3 is 9.80 Å². The fourth-order valence-electron chi connectivity index (χ4n) is 3.50. The zero-order chi connectivity index (χ0) is 17.2. The molecule has 2 saturated heterocycles. The molecule has 8 heteroatoms. The van der Waals surface area contributed by atoms with E-state index in [9.17, 15) is 13.2 Å². The number of hydrogen-bond acceptors (Lipinski definition) is 4. The van der Waals surface area contributed by atoms with Gasteiger partial charge in [0.15, 0.2) is 6.54 Å². The van der Waals surface area contributed by atoms with Gasteiger partial charge in [-0.15, -0.1) is 11.3 Å². The van der Waals surface area contributed by atoms with Crippen molar-refractivity contribution in [1.82, 2.24) is 9.21 Å². The summed E-state index contributed by atoms with van der Waals surface area (Å²) in [6, 6.07) is 3.41. The molecule has 1 N–H and O–H groups in total. The minimum Gasteiger partial charge on any atom is -0.338 e. The molecule has 6 nitrogen and oxygen atoms in total. The molecule has 0 radical (unpaired) electrons. The third kappa shape index (κ3) is 3.99. The van der Waals surface area contributed by atoms with E-state index in [1.807, 2.05) is 4.90 Å². The monoisotopic (exact) mass is 372 g/mol. The summed E-state index contributed by atoms with van der Waals surface area (Å²) < 4.78 is 27.0. The van der Waals surface area contributed by atoms with Crippen LogP contribution in [0.5, 0.6) is 0 Å². The van der Waals surface area contributed by atoms with E-state index in [4.69, 9.17) is 0 Å². The zero-order valence-electron chi connectivity index (χ0n) is 14.1. The van der Waals surface area contributed by atoms with Gasteiger partial charge in [0.05, 0.1) is 26.2 Å². The van der Waals surface area contributed by atoms with Crippen molar-refractivity contribution in [3.05, 3.63) is 17.5 Å². The second kappa shape index (κ2) is 7.51. The minimum absolute atomic E-state index is 0.214. The number of thiophene rings is 1. The smallest absolute Gasteiger partial charge is 0.277 e. The van der Waals surface area contributed by atoms with Crippen LogP contribution in [0, 0.1) is 5.92 Å². The molecule has 0 aromatic carbocycles. The van der Waals surface area contributed by atoms with Crippen molar-refractivity contribution < 1.29 is 18.1 Å². The lowest BCUT2D eigenvalue weighted by atomic mass is 10.0. The van der Waals surface area contributed by atoms with Gasteiger partial charge in [0.2, 0.25) is 0 Å². The molecule has 2 aliphatic heterocycles. The molecular weight excluding hydrogens is 346 g/mol. The lowest BCUT2D eigenvalue weighted by Crippen LogP contribution is -3.15. The number of piperidine rings is 1. The molecule has 0 aliphatic carbocycles. The molecule has 0 unspecified atom stereocenters.